The predicted octanol–water partition coefficient (Wildman–Crippen LogP) is 3.61. The minimum atomic E-state index is -0.0694. The Balaban J connectivity index is 2.26. The van der Waals surface area contributed by atoms with Crippen molar-refractivity contribution >= 4 is 17.2 Å². The summed E-state index contributed by atoms with van der Waals surface area (Å²) in [6.07, 6.45) is 1.75. The summed E-state index contributed by atoms with van der Waals surface area (Å²) in [5, 5.41) is 1.80. The second kappa shape index (κ2) is 8.11. The lowest BCUT2D eigenvalue weighted by Gasteiger charge is -2.31. The Morgan fingerprint density at radius 1 is 1.26 bits per heavy atom. The number of hydrogen-bond donors (Lipinski definition) is 0. The standard InChI is InChI=1S/C18H24N2O2S/c1-4-11-19(16(5-2)15-9-7-6-8-10-15)17(21)12-20-14(3)13-23-18(20)22/h6-10,13,16H,4-5,11-12H2,1-3H3/t16-/m0/s1. The molecule has 0 aliphatic carbocycles. The first-order valence-corrected chi connectivity index (χ1v) is 8.95. The third kappa shape index (κ3) is 4.10. The molecule has 2 rings (SSSR count). The van der Waals surface area contributed by atoms with Gasteiger partial charge >= 0.3 is 4.87 Å². The fraction of sp³-hybridized carbons (Fsp3) is 0.444. The maximum absolute atomic E-state index is 12.8. The van der Waals surface area contributed by atoms with Gasteiger partial charge in [0.15, 0.2) is 0 Å². The maximum Gasteiger partial charge on any atom is 0.307 e. The van der Waals surface area contributed by atoms with E-state index < -0.39 is 0 Å². The first-order chi connectivity index (χ1) is 11.1. The zero-order valence-corrected chi connectivity index (χ0v) is 14.8. The highest BCUT2D eigenvalue weighted by atomic mass is 32.1. The number of thiazole rings is 1. The molecule has 1 heterocycles. The number of aromatic nitrogens is 1. The van der Waals surface area contributed by atoms with Gasteiger partial charge in [0.2, 0.25) is 5.91 Å². The molecule has 23 heavy (non-hydrogen) atoms. The van der Waals surface area contributed by atoms with E-state index in [4.69, 9.17) is 0 Å². The van der Waals surface area contributed by atoms with Gasteiger partial charge in [0.25, 0.3) is 0 Å². The van der Waals surface area contributed by atoms with Gasteiger partial charge < -0.3 is 4.90 Å². The molecule has 0 N–H and O–H groups in total. The summed E-state index contributed by atoms with van der Waals surface area (Å²) in [5.41, 5.74) is 1.99. The SMILES string of the molecule is CCCN(C(=O)Cn1c(C)csc1=O)[C@@H](CC)c1ccccc1. The van der Waals surface area contributed by atoms with E-state index in [0.29, 0.717) is 6.54 Å². The molecule has 0 saturated carbocycles. The molecular formula is C18H24N2O2S. The quantitative estimate of drug-likeness (QED) is 0.777. The maximum atomic E-state index is 12.8. The highest BCUT2D eigenvalue weighted by molar-refractivity contribution is 7.07. The summed E-state index contributed by atoms with van der Waals surface area (Å²) in [5.74, 6) is 0.00570. The minimum absolute atomic E-state index is 0.00570. The number of carbonyl (C=O) groups excluding carboxylic acids is 1. The van der Waals surface area contributed by atoms with Crippen LogP contribution in [0, 0.1) is 6.92 Å². The molecule has 0 aliphatic rings. The summed E-state index contributed by atoms with van der Waals surface area (Å²) in [7, 11) is 0. The fourth-order valence-electron chi connectivity index (χ4n) is 2.83. The lowest BCUT2D eigenvalue weighted by Crippen LogP contribution is -2.39. The lowest BCUT2D eigenvalue weighted by atomic mass is 10.0. The Kier molecular flexibility index (Phi) is 6.16. The lowest BCUT2D eigenvalue weighted by molar-refractivity contribution is -0.134. The Morgan fingerprint density at radius 3 is 2.48 bits per heavy atom. The largest absolute Gasteiger partial charge is 0.334 e. The van der Waals surface area contributed by atoms with Gasteiger partial charge in [-0.25, -0.2) is 0 Å². The van der Waals surface area contributed by atoms with Crippen molar-refractivity contribution in [1.29, 1.82) is 0 Å². The molecule has 1 amide bonds. The summed E-state index contributed by atoms with van der Waals surface area (Å²) >= 11 is 1.15. The van der Waals surface area contributed by atoms with E-state index in [1.54, 1.807) is 9.95 Å². The van der Waals surface area contributed by atoms with Gasteiger partial charge in [0, 0.05) is 17.6 Å². The van der Waals surface area contributed by atoms with Gasteiger partial charge in [-0.15, -0.1) is 0 Å². The van der Waals surface area contributed by atoms with Gasteiger partial charge in [-0.1, -0.05) is 55.5 Å². The van der Waals surface area contributed by atoms with Gasteiger partial charge in [-0.2, -0.15) is 0 Å². The Hall–Kier alpha value is -1.88. The first kappa shape index (κ1) is 17.5. The summed E-state index contributed by atoms with van der Waals surface area (Å²) in [6, 6.07) is 10.2. The molecule has 1 atom stereocenters. The third-order valence-electron chi connectivity index (χ3n) is 4.00. The monoisotopic (exact) mass is 332 g/mol. The molecule has 0 aliphatic heterocycles. The number of aryl methyl sites for hydroxylation is 1. The van der Waals surface area contributed by atoms with Gasteiger partial charge in [0.05, 0.1) is 6.04 Å². The Bertz CT molecular complexity index is 691. The minimum Gasteiger partial charge on any atom is -0.334 e. The van der Waals surface area contributed by atoms with Crippen LogP contribution in [-0.2, 0) is 11.3 Å². The topological polar surface area (TPSA) is 42.3 Å². The third-order valence-corrected chi connectivity index (χ3v) is 4.88. The normalized spacial score (nSPS) is 12.1. The molecule has 0 bridgehead atoms. The smallest absolute Gasteiger partial charge is 0.307 e. The molecule has 124 valence electrons. The van der Waals surface area contributed by atoms with Crippen molar-refractivity contribution in [3.05, 3.63) is 56.6 Å². The van der Waals surface area contributed by atoms with Crippen LogP contribution < -0.4 is 4.87 Å². The molecule has 0 radical (unpaired) electrons. The van der Waals surface area contributed by atoms with E-state index in [9.17, 15) is 9.59 Å². The number of amides is 1. The van der Waals surface area contributed by atoms with Crippen molar-refractivity contribution in [2.75, 3.05) is 6.54 Å². The first-order valence-electron chi connectivity index (χ1n) is 8.07. The average molecular weight is 332 g/mol. The van der Waals surface area contributed by atoms with Gasteiger partial charge in [0.1, 0.15) is 6.54 Å². The van der Waals surface area contributed by atoms with E-state index in [-0.39, 0.29) is 23.4 Å². The molecule has 0 saturated heterocycles. The van der Waals surface area contributed by atoms with E-state index in [0.717, 1.165) is 35.4 Å². The number of hydrogen-bond acceptors (Lipinski definition) is 3. The van der Waals surface area contributed by atoms with Crippen LogP contribution in [0.15, 0.2) is 40.5 Å². The van der Waals surface area contributed by atoms with Crippen molar-refractivity contribution in [1.82, 2.24) is 9.47 Å². The average Bonchev–Trinajstić information content (AvgIpc) is 2.87. The zero-order valence-electron chi connectivity index (χ0n) is 14.0. The van der Waals surface area contributed by atoms with Crippen molar-refractivity contribution in [2.45, 2.75) is 46.2 Å². The van der Waals surface area contributed by atoms with Crippen LogP contribution in [0.25, 0.3) is 0 Å². The molecule has 0 unspecified atom stereocenters. The summed E-state index contributed by atoms with van der Waals surface area (Å²) in [4.78, 5) is 26.6. The fourth-order valence-corrected chi connectivity index (χ4v) is 3.56. The number of carbonyl (C=O) groups is 1. The van der Waals surface area contributed by atoms with Crippen molar-refractivity contribution < 1.29 is 4.79 Å². The van der Waals surface area contributed by atoms with Crippen LogP contribution in [0.4, 0.5) is 0 Å². The van der Waals surface area contributed by atoms with E-state index >= 15 is 0 Å². The van der Waals surface area contributed by atoms with Crippen LogP contribution in [0.3, 0.4) is 0 Å². The highest BCUT2D eigenvalue weighted by Gasteiger charge is 2.24. The molecule has 0 spiro atoms. The second-order valence-electron chi connectivity index (χ2n) is 5.65. The van der Waals surface area contributed by atoms with Gasteiger partial charge in [-0.3, -0.25) is 14.2 Å². The van der Waals surface area contributed by atoms with Crippen LogP contribution in [-0.4, -0.2) is 21.9 Å². The highest BCUT2D eigenvalue weighted by Crippen LogP contribution is 2.24. The second-order valence-corrected chi connectivity index (χ2v) is 6.47. The number of nitrogens with zero attached hydrogens (tertiary/aromatic N) is 2. The molecule has 2 aromatic rings. The molecule has 4 nitrogen and oxygen atoms in total. The van der Waals surface area contributed by atoms with Crippen molar-refractivity contribution in [2.24, 2.45) is 0 Å². The predicted molar refractivity (Wildman–Crippen MR) is 94.8 cm³/mol. The number of rotatable bonds is 7. The van der Waals surface area contributed by atoms with Crippen LogP contribution in [0.1, 0.15) is 44.0 Å². The van der Waals surface area contributed by atoms with E-state index in [1.807, 2.05) is 30.0 Å². The molecule has 5 heteroatoms. The number of benzene rings is 1. The molecular weight excluding hydrogens is 308 g/mol. The Labute approximate surface area is 141 Å². The van der Waals surface area contributed by atoms with E-state index in [1.165, 1.54) is 0 Å². The van der Waals surface area contributed by atoms with Crippen molar-refractivity contribution in [3.63, 3.8) is 0 Å². The van der Waals surface area contributed by atoms with Crippen LogP contribution in [0.5, 0.6) is 0 Å². The summed E-state index contributed by atoms with van der Waals surface area (Å²) in [6.45, 7) is 6.85. The Morgan fingerprint density at radius 2 is 1.96 bits per heavy atom. The zero-order chi connectivity index (χ0) is 16.8. The van der Waals surface area contributed by atoms with E-state index in [2.05, 4.69) is 26.0 Å². The van der Waals surface area contributed by atoms with Crippen molar-refractivity contribution in [3.8, 4) is 0 Å². The molecule has 1 aromatic carbocycles. The van der Waals surface area contributed by atoms with Crippen LogP contribution >= 0.6 is 11.3 Å². The van der Waals surface area contributed by atoms with Gasteiger partial charge in [-0.05, 0) is 25.3 Å². The molecule has 0 fully saturated rings. The molecule has 1 aromatic heterocycles. The summed E-state index contributed by atoms with van der Waals surface area (Å²) < 4.78 is 1.56. The van der Waals surface area contributed by atoms with Crippen LogP contribution in [0.2, 0.25) is 0 Å².